The summed E-state index contributed by atoms with van der Waals surface area (Å²) in [5.74, 6) is -0.354. The number of carbonyl (C=O) groups is 2. The van der Waals surface area contributed by atoms with Crippen LogP contribution in [0.1, 0.15) is 51.2 Å². The molecule has 7 nitrogen and oxygen atoms in total. The second-order valence-corrected chi connectivity index (χ2v) is 10.7. The molecule has 3 aromatic rings. The largest absolute Gasteiger partial charge is 0.335 e. The van der Waals surface area contributed by atoms with Gasteiger partial charge in [-0.3, -0.25) is 13.9 Å². The number of amides is 2. The molecule has 0 fully saturated rings. The lowest BCUT2D eigenvalue weighted by atomic mass is 9.99. The second-order valence-electron chi connectivity index (χ2n) is 8.82. The summed E-state index contributed by atoms with van der Waals surface area (Å²) in [5.41, 5.74) is 4.13. The number of anilines is 2. The van der Waals surface area contributed by atoms with E-state index in [1.807, 2.05) is 49.4 Å². The van der Waals surface area contributed by atoms with E-state index in [-0.39, 0.29) is 17.9 Å². The van der Waals surface area contributed by atoms with Crippen molar-refractivity contribution in [2.24, 2.45) is 0 Å². The molecule has 1 aliphatic rings. The van der Waals surface area contributed by atoms with E-state index in [4.69, 9.17) is 0 Å². The van der Waals surface area contributed by atoms with E-state index in [0.29, 0.717) is 35.5 Å². The van der Waals surface area contributed by atoms with Crippen LogP contribution in [0.5, 0.6) is 0 Å². The van der Waals surface area contributed by atoms with E-state index >= 15 is 0 Å². The molecule has 35 heavy (non-hydrogen) atoms. The molecule has 0 radical (unpaired) electrons. The topological polar surface area (TPSA) is 86.8 Å². The number of benzene rings is 3. The smallest absolute Gasteiger partial charge is 0.255 e. The highest BCUT2D eigenvalue weighted by Crippen LogP contribution is 2.31. The summed E-state index contributed by atoms with van der Waals surface area (Å²) in [6, 6.07) is 21.4. The Kier molecular flexibility index (Phi) is 6.93. The Bertz CT molecular complexity index is 1360. The maximum Gasteiger partial charge on any atom is 0.255 e. The summed E-state index contributed by atoms with van der Waals surface area (Å²) in [6.45, 7) is 2.38. The minimum Gasteiger partial charge on any atom is -0.335 e. The first-order valence-electron chi connectivity index (χ1n) is 11.5. The van der Waals surface area contributed by atoms with Gasteiger partial charge >= 0.3 is 0 Å². The molecule has 1 N–H and O–H groups in total. The highest BCUT2D eigenvalue weighted by Gasteiger charge is 2.26. The molecule has 0 aromatic heterocycles. The third kappa shape index (κ3) is 5.38. The molecule has 4 rings (SSSR count). The lowest BCUT2D eigenvalue weighted by Crippen LogP contribution is -2.35. The zero-order valence-electron chi connectivity index (χ0n) is 20.1. The van der Waals surface area contributed by atoms with Crippen molar-refractivity contribution in [2.75, 3.05) is 29.5 Å². The van der Waals surface area contributed by atoms with Gasteiger partial charge in [0.25, 0.3) is 11.8 Å². The normalized spacial score (nSPS) is 14.1. The first-order valence-corrected chi connectivity index (χ1v) is 13.3. The van der Waals surface area contributed by atoms with Gasteiger partial charge < -0.3 is 10.2 Å². The molecule has 3 aromatic carbocycles. The van der Waals surface area contributed by atoms with Crippen LogP contribution in [0, 0.1) is 0 Å². The highest BCUT2D eigenvalue weighted by atomic mass is 32.2. The van der Waals surface area contributed by atoms with Gasteiger partial charge in [-0.25, -0.2) is 8.42 Å². The maximum absolute atomic E-state index is 13.3. The molecule has 2 amide bonds. The zero-order chi connectivity index (χ0) is 25.2. The summed E-state index contributed by atoms with van der Waals surface area (Å²) >= 11 is 0. The van der Waals surface area contributed by atoms with Crippen LogP contribution in [-0.2, 0) is 16.4 Å². The van der Waals surface area contributed by atoms with Gasteiger partial charge in [-0.05, 0) is 73.4 Å². The summed E-state index contributed by atoms with van der Waals surface area (Å²) in [6.07, 6.45) is 2.64. The number of nitrogens with zero attached hydrogens (tertiary/aromatic N) is 2. The maximum atomic E-state index is 13.3. The molecule has 1 atom stereocenters. The van der Waals surface area contributed by atoms with E-state index in [2.05, 4.69) is 5.32 Å². The predicted molar refractivity (Wildman–Crippen MR) is 138 cm³/mol. The van der Waals surface area contributed by atoms with Crippen LogP contribution >= 0.6 is 0 Å². The summed E-state index contributed by atoms with van der Waals surface area (Å²) in [7, 11) is -1.62. The van der Waals surface area contributed by atoms with Gasteiger partial charge in [-0.2, -0.15) is 0 Å². The third-order valence-corrected chi connectivity index (χ3v) is 7.55. The molecule has 1 aliphatic heterocycles. The first kappa shape index (κ1) is 24.5. The Morgan fingerprint density at radius 3 is 2.43 bits per heavy atom. The van der Waals surface area contributed by atoms with Crippen LogP contribution in [0.3, 0.4) is 0 Å². The molecule has 0 bridgehead atoms. The van der Waals surface area contributed by atoms with Crippen LogP contribution in [0.25, 0.3) is 0 Å². The molecule has 0 aliphatic carbocycles. The molecule has 1 heterocycles. The van der Waals surface area contributed by atoms with E-state index < -0.39 is 10.0 Å². The van der Waals surface area contributed by atoms with E-state index in [9.17, 15) is 18.0 Å². The van der Waals surface area contributed by atoms with E-state index in [0.717, 1.165) is 17.5 Å². The Labute approximate surface area is 206 Å². The zero-order valence-corrected chi connectivity index (χ0v) is 20.9. The molecular formula is C27H29N3O4S. The molecule has 0 spiro atoms. The first-order chi connectivity index (χ1) is 16.6. The van der Waals surface area contributed by atoms with Crippen LogP contribution in [-0.4, -0.2) is 45.0 Å². The van der Waals surface area contributed by atoms with Gasteiger partial charge in [0.15, 0.2) is 0 Å². The summed E-state index contributed by atoms with van der Waals surface area (Å²) < 4.78 is 25.6. The molecular weight excluding hydrogens is 462 g/mol. The Morgan fingerprint density at radius 2 is 1.71 bits per heavy atom. The van der Waals surface area contributed by atoms with Crippen LogP contribution in [0.15, 0.2) is 72.8 Å². The summed E-state index contributed by atoms with van der Waals surface area (Å²) in [4.78, 5) is 27.5. The number of rotatable bonds is 6. The quantitative estimate of drug-likeness (QED) is 0.551. The van der Waals surface area contributed by atoms with Crippen molar-refractivity contribution in [3.63, 3.8) is 0 Å². The predicted octanol–water partition coefficient (Wildman–Crippen LogP) is 4.48. The van der Waals surface area contributed by atoms with Crippen molar-refractivity contribution in [1.29, 1.82) is 0 Å². The van der Waals surface area contributed by atoms with Gasteiger partial charge in [-0.15, -0.1) is 0 Å². The molecule has 0 saturated heterocycles. The number of carbonyl (C=O) groups excluding carboxylic acids is 2. The second kappa shape index (κ2) is 9.92. The number of aryl methyl sites for hydroxylation is 1. The van der Waals surface area contributed by atoms with Gasteiger partial charge in [0.05, 0.1) is 18.0 Å². The fourth-order valence-electron chi connectivity index (χ4n) is 4.31. The van der Waals surface area contributed by atoms with Crippen molar-refractivity contribution in [1.82, 2.24) is 4.90 Å². The van der Waals surface area contributed by atoms with Crippen molar-refractivity contribution in [3.05, 3.63) is 95.1 Å². The van der Waals surface area contributed by atoms with Crippen LogP contribution in [0.4, 0.5) is 11.4 Å². The van der Waals surface area contributed by atoms with E-state index in [1.54, 1.807) is 42.3 Å². The molecule has 1 unspecified atom stereocenters. The lowest BCUT2D eigenvalue weighted by Gasteiger charge is -2.30. The Morgan fingerprint density at radius 1 is 0.971 bits per heavy atom. The van der Waals surface area contributed by atoms with Gasteiger partial charge in [0, 0.05) is 30.4 Å². The minimum absolute atomic E-state index is 0.157. The van der Waals surface area contributed by atoms with Gasteiger partial charge in [0.2, 0.25) is 10.0 Å². The van der Waals surface area contributed by atoms with Crippen LogP contribution in [0.2, 0.25) is 0 Å². The number of nitrogens with one attached hydrogen (secondary N) is 1. The number of sulfonamides is 1. The standard InChI is InChI=1S/C27H29N3O4S/c1-19(21-11-7-13-24(18-21)28-26(31)20-9-5-4-6-10-20)29(2)27(32)23-14-15-25-22(17-23)12-8-16-30(25)35(3,33)34/h4-7,9-11,13-15,17-19H,8,12,16H2,1-3H3,(H,28,31). The number of fused-ring (bicyclic) bond motifs is 1. The average Bonchev–Trinajstić information content (AvgIpc) is 2.86. The summed E-state index contributed by atoms with van der Waals surface area (Å²) in [5, 5.41) is 2.91. The molecule has 0 saturated carbocycles. The average molecular weight is 492 g/mol. The number of hydrogen-bond acceptors (Lipinski definition) is 4. The van der Waals surface area contributed by atoms with E-state index in [1.165, 1.54) is 10.6 Å². The molecule has 182 valence electrons. The van der Waals surface area contributed by atoms with Crippen molar-refractivity contribution in [2.45, 2.75) is 25.8 Å². The van der Waals surface area contributed by atoms with Crippen molar-refractivity contribution in [3.8, 4) is 0 Å². The van der Waals surface area contributed by atoms with Crippen molar-refractivity contribution < 1.29 is 18.0 Å². The Balaban J connectivity index is 1.51. The lowest BCUT2D eigenvalue weighted by molar-refractivity contribution is 0.0742. The fourth-order valence-corrected chi connectivity index (χ4v) is 5.31. The monoisotopic (exact) mass is 491 g/mol. The molecule has 8 heteroatoms. The number of hydrogen-bond donors (Lipinski definition) is 1. The van der Waals surface area contributed by atoms with Gasteiger partial charge in [-0.1, -0.05) is 30.3 Å². The minimum atomic E-state index is -3.36. The SMILES string of the molecule is CC(c1cccc(NC(=O)c2ccccc2)c1)N(C)C(=O)c1ccc2c(c1)CCCN2S(C)(=O)=O. The third-order valence-electron chi connectivity index (χ3n) is 6.37. The highest BCUT2D eigenvalue weighted by molar-refractivity contribution is 7.92. The Hall–Kier alpha value is -3.65. The van der Waals surface area contributed by atoms with Gasteiger partial charge in [0.1, 0.15) is 0 Å². The van der Waals surface area contributed by atoms with Crippen molar-refractivity contribution >= 4 is 33.2 Å². The fraction of sp³-hybridized carbons (Fsp3) is 0.259. The van der Waals surface area contributed by atoms with Crippen LogP contribution < -0.4 is 9.62 Å².